The van der Waals surface area contributed by atoms with Crippen molar-refractivity contribution in [1.82, 2.24) is 0 Å². The molecule has 0 N–H and O–H groups in total. The highest BCUT2D eigenvalue weighted by atomic mass is 14.0. The average molecular weight is 214 g/mol. The summed E-state index contributed by atoms with van der Waals surface area (Å²) in [5, 5.41) is 0. The van der Waals surface area contributed by atoms with Gasteiger partial charge in [-0.2, -0.15) is 0 Å². The minimum absolute atomic E-state index is 1.12. The predicted molar refractivity (Wildman–Crippen MR) is 75.4 cm³/mol. The fraction of sp³-hybridized carbons (Fsp3) is 0.250. The fourth-order valence-electron chi connectivity index (χ4n) is 0.922. The largest absolute Gasteiger partial charge is 0.100 e. The monoisotopic (exact) mass is 214 g/mol. The molecule has 0 unspecified atom stereocenters. The maximum Gasteiger partial charge on any atom is -0.0254 e. The summed E-state index contributed by atoms with van der Waals surface area (Å²) >= 11 is 0. The van der Waals surface area contributed by atoms with Crippen LogP contribution in [0.15, 0.2) is 60.2 Å². The minimum atomic E-state index is 1.12. The van der Waals surface area contributed by atoms with Crippen LogP contribution in [0.4, 0.5) is 0 Å². The second kappa shape index (κ2) is 7.70. The Hall–Kier alpha value is -1.56. The van der Waals surface area contributed by atoms with Crippen LogP contribution < -0.4 is 0 Å². The molecule has 0 heteroatoms. The number of allylic oxidation sites excluding steroid dienone is 3. The zero-order valence-electron chi connectivity index (χ0n) is 10.9. The van der Waals surface area contributed by atoms with Gasteiger partial charge in [-0.1, -0.05) is 54.1 Å². The van der Waals surface area contributed by atoms with Gasteiger partial charge in [-0.15, -0.1) is 6.58 Å². The van der Waals surface area contributed by atoms with Crippen LogP contribution in [0.2, 0.25) is 0 Å². The molecule has 0 spiro atoms. The highest BCUT2D eigenvalue weighted by Gasteiger charge is 1.89. The SMILES string of the molecule is C=C(C)/C(C)=C/c1ccccc1.C=C(C)C. The summed E-state index contributed by atoms with van der Waals surface area (Å²) in [5.41, 5.74) is 4.76. The van der Waals surface area contributed by atoms with Crippen molar-refractivity contribution < 1.29 is 0 Å². The minimum Gasteiger partial charge on any atom is -0.100 e. The Morgan fingerprint density at radius 2 is 1.38 bits per heavy atom. The Morgan fingerprint density at radius 1 is 0.938 bits per heavy atom. The first kappa shape index (κ1) is 14.4. The molecule has 0 atom stereocenters. The van der Waals surface area contributed by atoms with Gasteiger partial charge >= 0.3 is 0 Å². The number of hydrogen-bond donors (Lipinski definition) is 0. The van der Waals surface area contributed by atoms with Gasteiger partial charge in [0, 0.05) is 0 Å². The van der Waals surface area contributed by atoms with Gasteiger partial charge in [-0.3, -0.25) is 0 Å². The normalized spacial score (nSPS) is 10.1. The lowest BCUT2D eigenvalue weighted by Crippen LogP contribution is -1.76. The molecule has 0 fully saturated rings. The standard InChI is InChI=1S/C12H14.C4H8/c1-10(2)11(3)9-12-7-5-4-6-8-12;1-4(2)3/h4-9H,1H2,2-3H3;1H2,2-3H3/b11-9+;. The Labute approximate surface area is 100 Å². The number of hydrogen-bond acceptors (Lipinski definition) is 0. The van der Waals surface area contributed by atoms with Crippen molar-refractivity contribution in [3.8, 4) is 0 Å². The van der Waals surface area contributed by atoms with E-state index in [-0.39, 0.29) is 0 Å². The molecular weight excluding hydrogens is 192 g/mol. The van der Waals surface area contributed by atoms with Gasteiger partial charge in [0.2, 0.25) is 0 Å². The van der Waals surface area contributed by atoms with Crippen molar-refractivity contribution in [1.29, 1.82) is 0 Å². The third-order valence-electron chi connectivity index (χ3n) is 1.86. The maximum absolute atomic E-state index is 3.88. The predicted octanol–water partition coefficient (Wildman–Crippen LogP) is 5.25. The molecule has 0 saturated carbocycles. The molecule has 0 aliphatic carbocycles. The van der Waals surface area contributed by atoms with Gasteiger partial charge in [0.1, 0.15) is 0 Å². The van der Waals surface area contributed by atoms with E-state index < -0.39 is 0 Å². The lowest BCUT2D eigenvalue weighted by molar-refractivity contribution is 1.38. The lowest BCUT2D eigenvalue weighted by Gasteiger charge is -1.98. The molecule has 1 rings (SSSR count). The van der Waals surface area contributed by atoms with E-state index >= 15 is 0 Å². The summed E-state index contributed by atoms with van der Waals surface area (Å²) in [6.07, 6.45) is 2.14. The third-order valence-corrected chi connectivity index (χ3v) is 1.86. The first-order valence-corrected chi connectivity index (χ1v) is 5.45. The zero-order valence-corrected chi connectivity index (χ0v) is 10.9. The molecule has 0 nitrogen and oxygen atoms in total. The highest BCUT2D eigenvalue weighted by Crippen LogP contribution is 2.11. The second-order valence-electron chi connectivity index (χ2n) is 4.23. The van der Waals surface area contributed by atoms with Crippen molar-refractivity contribution in [3.05, 3.63) is 65.8 Å². The summed E-state index contributed by atoms with van der Waals surface area (Å²) < 4.78 is 0. The van der Waals surface area contributed by atoms with Crippen molar-refractivity contribution in [2.45, 2.75) is 27.7 Å². The Bertz CT molecular complexity index is 362. The zero-order chi connectivity index (χ0) is 12.6. The summed E-state index contributed by atoms with van der Waals surface area (Å²) in [5.74, 6) is 0. The smallest absolute Gasteiger partial charge is 0.0254 e. The molecule has 1 aromatic carbocycles. The summed E-state index contributed by atoms with van der Waals surface area (Å²) in [6, 6.07) is 10.3. The maximum atomic E-state index is 3.88. The third kappa shape index (κ3) is 7.81. The van der Waals surface area contributed by atoms with Crippen LogP contribution >= 0.6 is 0 Å². The van der Waals surface area contributed by atoms with Crippen LogP contribution in [-0.4, -0.2) is 0 Å². The van der Waals surface area contributed by atoms with Gasteiger partial charge in [-0.25, -0.2) is 0 Å². The van der Waals surface area contributed by atoms with Crippen LogP contribution in [0.1, 0.15) is 33.3 Å². The molecule has 0 radical (unpaired) electrons. The van der Waals surface area contributed by atoms with E-state index in [1.165, 1.54) is 16.7 Å². The molecule has 0 saturated heterocycles. The summed E-state index contributed by atoms with van der Waals surface area (Å²) in [4.78, 5) is 0. The van der Waals surface area contributed by atoms with Crippen LogP contribution in [-0.2, 0) is 0 Å². The van der Waals surface area contributed by atoms with Gasteiger partial charge in [0.15, 0.2) is 0 Å². The van der Waals surface area contributed by atoms with E-state index in [0.717, 1.165) is 5.57 Å². The fourth-order valence-corrected chi connectivity index (χ4v) is 0.922. The average Bonchev–Trinajstić information content (AvgIpc) is 2.18. The van der Waals surface area contributed by atoms with E-state index in [0.29, 0.717) is 0 Å². The van der Waals surface area contributed by atoms with Crippen LogP contribution in [0.5, 0.6) is 0 Å². The lowest BCUT2D eigenvalue weighted by atomic mass is 10.1. The first-order valence-electron chi connectivity index (χ1n) is 5.45. The molecular formula is C16H22. The Kier molecular flexibility index (Phi) is 6.95. The summed E-state index contributed by atoms with van der Waals surface area (Å²) in [6.45, 7) is 15.5. The van der Waals surface area contributed by atoms with Crippen LogP contribution in [0.3, 0.4) is 0 Å². The van der Waals surface area contributed by atoms with Crippen molar-refractivity contribution in [2.24, 2.45) is 0 Å². The molecule has 1 aromatic rings. The second-order valence-corrected chi connectivity index (χ2v) is 4.23. The summed E-state index contributed by atoms with van der Waals surface area (Å²) in [7, 11) is 0. The van der Waals surface area contributed by atoms with Gasteiger partial charge in [-0.05, 0) is 38.8 Å². The van der Waals surface area contributed by atoms with Gasteiger partial charge in [0.05, 0.1) is 0 Å². The van der Waals surface area contributed by atoms with E-state index in [1.807, 2.05) is 39.0 Å². The van der Waals surface area contributed by atoms with Crippen LogP contribution in [0, 0.1) is 0 Å². The van der Waals surface area contributed by atoms with E-state index in [1.54, 1.807) is 0 Å². The van der Waals surface area contributed by atoms with E-state index in [9.17, 15) is 0 Å². The van der Waals surface area contributed by atoms with Crippen molar-refractivity contribution >= 4 is 6.08 Å². The Morgan fingerprint density at radius 3 is 1.75 bits per heavy atom. The van der Waals surface area contributed by atoms with E-state index in [2.05, 4.69) is 38.3 Å². The van der Waals surface area contributed by atoms with Gasteiger partial charge < -0.3 is 0 Å². The molecule has 0 aromatic heterocycles. The quantitative estimate of drug-likeness (QED) is 0.466. The molecule has 0 aliphatic heterocycles. The molecule has 86 valence electrons. The first-order chi connectivity index (χ1) is 7.43. The Balaban J connectivity index is 0.000000487. The number of rotatable bonds is 2. The number of benzene rings is 1. The molecule has 0 aliphatic rings. The van der Waals surface area contributed by atoms with Gasteiger partial charge in [0.25, 0.3) is 0 Å². The molecule has 0 bridgehead atoms. The topological polar surface area (TPSA) is 0 Å². The molecule has 0 amide bonds. The highest BCUT2D eigenvalue weighted by molar-refractivity contribution is 5.56. The molecule has 16 heavy (non-hydrogen) atoms. The van der Waals surface area contributed by atoms with Crippen LogP contribution in [0.25, 0.3) is 6.08 Å². The molecule has 0 heterocycles. The van der Waals surface area contributed by atoms with Crippen molar-refractivity contribution in [2.75, 3.05) is 0 Å². The van der Waals surface area contributed by atoms with E-state index in [4.69, 9.17) is 0 Å². The van der Waals surface area contributed by atoms with Crippen molar-refractivity contribution in [3.63, 3.8) is 0 Å².